The van der Waals surface area contributed by atoms with Crippen molar-refractivity contribution in [3.63, 3.8) is 0 Å². The van der Waals surface area contributed by atoms with Gasteiger partial charge in [-0.15, -0.1) is 0 Å². The van der Waals surface area contributed by atoms with Crippen LogP contribution in [-0.2, 0) is 9.47 Å². The summed E-state index contributed by atoms with van der Waals surface area (Å²) in [4.78, 5) is 10.0. The van der Waals surface area contributed by atoms with Crippen LogP contribution >= 0.6 is 0 Å². The van der Waals surface area contributed by atoms with Crippen molar-refractivity contribution in [3.8, 4) is 0 Å². The van der Waals surface area contributed by atoms with Crippen LogP contribution < -0.4 is 10.6 Å². The zero-order chi connectivity index (χ0) is 12.1. The summed E-state index contributed by atoms with van der Waals surface area (Å²) in [6.07, 6.45) is 4.31. The number of ether oxygens (including phenoxy) is 2. The van der Waals surface area contributed by atoms with Gasteiger partial charge in [0.25, 0.3) is 6.20 Å². The van der Waals surface area contributed by atoms with Gasteiger partial charge in [-0.1, -0.05) is 0 Å². The third kappa shape index (κ3) is 3.86. The van der Waals surface area contributed by atoms with Crippen LogP contribution in [0.25, 0.3) is 0 Å². The second-order valence-corrected chi connectivity index (χ2v) is 4.12. The molecule has 2 atom stereocenters. The maximum absolute atomic E-state index is 10.5. The fraction of sp³-hybridized carbons (Fsp3) is 0.800. The number of nitro groups is 1. The first-order valence-electron chi connectivity index (χ1n) is 5.85. The maximum Gasteiger partial charge on any atom is 0.274 e. The molecule has 2 aliphatic rings. The van der Waals surface area contributed by atoms with E-state index < -0.39 is 4.92 Å². The average molecular weight is 243 g/mol. The lowest BCUT2D eigenvalue weighted by Crippen LogP contribution is -2.39. The lowest BCUT2D eigenvalue weighted by molar-refractivity contribution is -0.404. The minimum atomic E-state index is -0.487. The minimum Gasteiger partial charge on any atom is -0.359 e. The van der Waals surface area contributed by atoms with Crippen molar-refractivity contribution in [1.29, 1.82) is 0 Å². The van der Waals surface area contributed by atoms with Gasteiger partial charge in [-0.2, -0.15) is 0 Å². The SMILES string of the molecule is O=[N+]([O-])C=C(NC1CCCO1)NC1CCCO1. The summed E-state index contributed by atoms with van der Waals surface area (Å²) in [6.45, 7) is 1.40. The van der Waals surface area contributed by atoms with Crippen molar-refractivity contribution in [2.24, 2.45) is 0 Å². The Labute approximate surface area is 99.3 Å². The molecule has 2 N–H and O–H groups in total. The van der Waals surface area contributed by atoms with Crippen LogP contribution in [0.3, 0.4) is 0 Å². The van der Waals surface area contributed by atoms with E-state index in [9.17, 15) is 10.1 Å². The highest BCUT2D eigenvalue weighted by atomic mass is 16.6. The van der Waals surface area contributed by atoms with E-state index in [1.165, 1.54) is 0 Å². The van der Waals surface area contributed by atoms with E-state index in [4.69, 9.17) is 9.47 Å². The van der Waals surface area contributed by atoms with Crippen molar-refractivity contribution in [2.45, 2.75) is 38.1 Å². The lowest BCUT2D eigenvalue weighted by Gasteiger charge is -2.19. The molecule has 0 amide bonds. The molecule has 7 heteroatoms. The molecule has 0 aromatic rings. The van der Waals surface area contributed by atoms with Gasteiger partial charge in [-0.3, -0.25) is 10.1 Å². The van der Waals surface area contributed by atoms with E-state index in [2.05, 4.69) is 10.6 Å². The summed E-state index contributed by atoms with van der Waals surface area (Å²) in [5.74, 6) is 0.355. The molecule has 7 nitrogen and oxygen atoms in total. The molecule has 0 aromatic heterocycles. The molecule has 0 bridgehead atoms. The summed E-state index contributed by atoms with van der Waals surface area (Å²) >= 11 is 0. The van der Waals surface area contributed by atoms with E-state index >= 15 is 0 Å². The highest BCUT2D eigenvalue weighted by Crippen LogP contribution is 2.13. The molecule has 0 spiro atoms. The fourth-order valence-electron chi connectivity index (χ4n) is 1.95. The fourth-order valence-corrected chi connectivity index (χ4v) is 1.95. The van der Waals surface area contributed by atoms with Gasteiger partial charge >= 0.3 is 0 Å². The Morgan fingerprint density at radius 2 is 1.71 bits per heavy atom. The van der Waals surface area contributed by atoms with Gasteiger partial charge in [0.15, 0.2) is 5.82 Å². The second kappa shape index (κ2) is 5.83. The highest BCUT2D eigenvalue weighted by Gasteiger charge is 2.21. The van der Waals surface area contributed by atoms with Gasteiger partial charge < -0.3 is 20.1 Å². The van der Waals surface area contributed by atoms with E-state index in [1.54, 1.807) is 0 Å². The van der Waals surface area contributed by atoms with Gasteiger partial charge in [-0.25, -0.2) is 0 Å². The Balaban J connectivity index is 1.89. The molecular weight excluding hydrogens is 226 g/mol. The molecule has 2 aliphatic heterocycles. The van der Waals surface area contributed by atoms with Crippen LogP contribution in [0.5, 0.6) is 0 Å². The van der Waals surface area contributed by atoms with Crippen molar-refractivity contribution >= 4 is 0 Å². The van der Waals surface area contributed by atoms with E-state index in [1.807, 2.05) is 0 Å². The van der Waals surface area contributed by atoms with Crippen LogP contribution in [0.1, 0.15) is 25.7 Å². The first kappa shape index (κ1) is 12.1. The average Bonchev–Trinajstić information content (AvgIpc) is 2.89. The molecule has 96 valence electrons. The number of rotatable bonds is 5. The molecule has 2 fully saturated rings. The van der Waals surface area contributed by atoms with Crippen molar-refractivity contribution < 1.29 is 14.4 Å². The van der Waals surface area contributed by atoms with Crippen LogP contribution in [0.2, 0.25) is 0 Å². The van der Waals surface area contributed by atoms with Crippen LogP contribution in [0, 0.1) is 10.1 Å². The van der Waals surface area contributed by atoms with Crippen molar-refractivity contribution in [3.05, 3.63) is 22.1 Å². The van der Waals surface area contributed by atoms with Gasteiger partial charge in [0.05, 0.1) is 4.92 Å². The molecule has 2 heterocycles. The normalized spacial score (nSPS) is 27.8. The van der Waals surface area contributed by atoms with E-state index in [0.29, 0.717) is 19.0 Å². The third-order valence-electron chi connectivity index (χ3n) is 2.73. The van der Waals surface area contributed by atoms with E-state index in [0.717, 1.165) is 31.9 Å². The maximum atomic E-state index is 10.5. The smallest absolute Gasteiger partial charge is 0.274 e. The van der Waals surface area contributed by atoms with E-state index in [-0.39, 0.29) is 12.5 Å². The number of hydrogen-bond donors (Lipinski definition) is 2. The largest absolute Gasteiger partial charge is 0.359 e. The minimum absolute atomic E-state index is 0.143. The van der Waals surface area contributed by atoms with Crippen LogP contribution in [0.15, 0.2) is 12.0 Å². The van der Waals surface area contributed by atoms with Gasteiger partial charge in [0.1, 0.15) is 12.5 Å². The number of hydrogen-bond acceptors (Lipinski definition) is 6. The highest BCUT2D eigenvalue weighted by molar-refractivity contribution is 4.95. The standard InChI is InChI=1S/C10H17N3O4/c14-13(15)7-8(11-9-3-1-5-16-9)12-10-4-2-6-17-10/h7,9-12H,1-6H2. The number of nitrogens with zero attached hydrogens (tertiary/aromatic N) is 1. The Kier molecular flexibility index (Phi) is 4.16. The molecule has 0 radical (unpaired) electrons. The molecular formula is C10H17N3O4. The van der Waals surface area contributed by atoms with Gasteiger partial charge in [-0.05, 0) is 25.7 Å². The topological polar surface area (TPSA) is 85.7 Å². The monoisotopic (exact) mass is 243 g/mol. The first-order chi connectivity index (χ1) is 8.24. The Morgan fingerprint density at radius 1 is 1.18 bits per heavy atom. The van der Waals surface area contributed by atoms with Crippen molar-refractivity contribution in [2.75, 3.05) is 13.2 Å². The molecule has 0 aromatic carbocycles. The van der Waals surface area contributed by atoms with Crippen LogP contribution in [0.4, 0.5) is 0 Å². The molecule has 17 heavy (non-hydrogen) atoms. The number of nitrogens with one attached hydrogen (secondary N) is 2. The second-order valence-electron chi connectivity index (χ2n) is 4.12. The molecule has 0 saturated carbocycles. The van der Waals surface area contributed by atoms with Gasteiger partial charge in [0, 0.05) is 13.2 Å². The van der Waals surface area contributed by atoms with Crippen LogP contribution in [-0.4, -0.2) is 30.6 Å². The Bertz CT molecular complexity index is 276. The summed E-state index contributed by atoms with van der Waals surface area (Å²) in [6, 6.07) is 0. The molecule has 2 unspecified atom stereocenters. The predicted octanol–water partition coefficient (Wildman–Crippen LogP) is 0.514. The summed E-state index contributed by atoms with van der Waals surface area (Å²) in [7, 11) is 0. The summed E-state index contributed by atoms with van der Waals surface area (Å²) < 4.78 is 10.7. The first-order valence-corrected chi connectivity index (χ1v) is 5.85. The summed E-state index contributed by atoms with van der Waals surface area (Å²) in [5, 5.41) is 16.5. The van der Waals surface area contributed by atoms with Gasteiger partial charge in [0.2, 0.25) is 0 Å². The quantitative estimate of drug-likeness (QED) is 0.540. The Morgan fingerprint density at radius 3 is 2.06 bits per heavy atom. The zero-order valence-corrected chi connectivity index (χ0v) is 9.55. The molecule has 2 saturated heterocycles. The lowest BCUT2D eigenvalue weighted by atomic mass is 10.3. The third-order valence-corrected chi connectivity index (χ3v) is 2.73. The van der Waals surface area contributed by atoms with Crippen molar-refractivity contribution in [1.82, 2.24) is 10.6 Å². The molecule has 2 rings (SSSR count). The predicted molar refractivity (Wildman–Crippen MR) is 59.3 cm³/mol. The zero-order valence-electron chi connectivity index (χ0n) is 9.55. The Hall–Kier alpha value is -1.34. The molecule has 0 aliphatic carbocycles. The summed E-state index contributed by atoms with van der Waals surface area (Å²) in [5.41, 5.74) is 0.